The molecule has 0 N–H and O–H groups in total. The highest BCUT2D eigenvalue weighted by Gasteiger charge is 2.00. The Morgan fingerprint density at radius 2 is 1.80 bits per heavy atom. The van der Waals surface area contributed by atoms with Gasteiger partial charge >= 0.3 is 0 Å². The van der Waals surface area contributed by atoms with E-state index < -0.39 is 0 Å². The summed E-state index contributed by atoms with van der Waals surface area (Å²) in [7, 11) is 0. The zero-order valence-corrected chi connectivity index (χ0v) is 7.99. The van der Waals surface area contributed by atoms with Crippen molar-refractivity contribution < 1.29 is 0 Å². The number of rotatable bonds is 5. The minimum Gasteiger partial charge on any atom is -0.304 e. The van der Waals surface area contributed by atoms with Crippen molar-refractivity contribution in [2.45, 2.75) is 32.6 Å². The van der Waals surface area contributed by atoms with Gasteiger partial charge in [0.2, 0.25) is 0 Å². The minimum absolute atomic E-state index is 0.320. The monoisotopic (exact) mass is 163 g/mol. The van der Waals surface area contributed by atoms with Crippen LogP contribution in [0.1, 0.15) is 27.2 Å². The third-order valence-electron chi connectivity index (χ3n) is 1.74. The fourth-order valence-electron chi connectivity index (χ4n) is 0.900. The van der Waals surface area contributed by atoms with E-state index in [0.29, 0.717) is 5.38 Å². The summed E-state index contributed by atoms with van der Waals surface area (Å²) in [6.07, 6.45) is 1.10. The second kappa shape index (κ2) is 5.99. The Bertz CT molecular complexity index is 69.7. The topological polar surface area (TPSA) is 3.24 Å². The molecule has 0 aliphatic heterocycles. The van der Waals surface area contributed by atoms with Gasteiger partial charge in [-0.2, -0.15) is 0 Å². The Labute approximate surface area is 69.4 Å². The van der Waals surface area contributed by atoms with Crippen LogP contribution in [0, 0.1) is 0 Å². The van der Waals surface area contributed by atoms with E-state index >= 15 is 0 Å². The molecule has 0 aliphatic carbocycles. The molecule has 0 unspecified atom stereocenters. The predicted octanol–water partition coefficient (Wildman–Crippen LogP) is 2.35. The van der Waals surface area contributed by atoms with Gasteiger partial charge in [0.1, 0.15) is 0 Å². The first-order valence-corrected chi connectivity index (χ1v) is 4.50. The average Bonchev–Trinajstić information content (AvgIpc) is 1.90. The van der Waals surface area contributed by atoms with Crippen LogP contribution in [0.3, 0.4) is 0 Å². The van der Waals surface area contributed by atoms with Gasteiger partial charge in [0.05, 0.1) is 0 Å². The van der Waals surface area contributed by atoms with Crippen LogP contribution >= 0.6 is 11.6 Å². The molecule has 0 aromatic heterocycles. The maximum Gasteiger partial charge on any atom is 0.0320 e. The number of hydrogen-bond acceptors (Lipinski definition) is 1. The first-order valence-electron chi connectivity index (χ1n) is 4.07. The van der Waals surface area contributed by atoms with Gasteiger partial charge in [0, 0.05) is 5.38 Å². The lowest BCUT2D eigenvalue weighted by molar-refractivity contribution is 0.299. The number of alkyl halides is 1. The van der Waals surface area contributed by atoms with Crippen molar-refractivity contribution in [1.29, 1.82) is 0 Å². The molecule has 10 heavy (non-hydrogen) atoms. The second-order valence-corrected chi connectivity index (χ2v) is 3.34. The van der Waals surface area contributed by atoms with Gasteiger partial charge in [-0.1, -0.05) is 13.8 Å². The summed E-state index contributed by atoms with van der Waals surface area (Å²) in [5, 5.41) is 0.320. The minimum atomic E-state index is 0.320. The summed E-state index contributed by atoms with van der Waals surface area (Å²) in [6, 6.07) is 0. The molecule has 62 valence electrons. The van der Waals surface area contributed by atoms with Gasteiger partial charge in [-0.05, 0) is 33.0 Å². The van der Waals surface area contributed by atoms with Crippen LogP contribution in [0.4, 0.5) is 0 Å². The van der Waals surface area contributed by atoms with Crippen molar-refractivity contribution in [3.05, 3.63) is 0 Å². The molecule has 0 rings (SSSR count). The van der Waals surface area contributed by atoms with E-state index in [1.807, 2.05) is 6.92 Å². The molecular formula is C8H18ClN. The lowest BCUT2D eigenvalue weighted by Gasteiger charge is -2.18. The molecule has 0 aliphatic rings. The predicted molar refractivity (Wildman–Crippen MR) is 47.7 cm³/mol. The van der Waals surface area contributed by atoms with E-state index in [1.54, 1.807) is 0 Å². The lowest BCUT2D eigenvalue weighted by Crippen LogP contribution is -2.25. The molecule has 0 amide bonds. The van der Waals surface area contributed by atoms with Gasteiger partial charge in [0.15, 0.2) is 0 Å². The van der Waals surface area contributed by atoms with E-state index in [0.717, 1.165) is 26.1 Å². The SMILES string of the molecule is CCN(CC)CC[C@H](C)Cl. The smallest absolute Gasteiger partial charge is 0.0320 e. The standard InChI is InChI=1S/C8H18ClN/c1-4-10(5-2)7-6-8(3)9/h8H,4-7H2,1-3H3/t8-/m0/s1. The largest absolute Gasteiger partial charge is 0.304 e. The summed E-state index contributed by atoms with van der Waals surface area (Å²) in [4.78, 5) is 2.39. The maximum absolute atomic E-state index is 5.81. The van der Waals surface area contributed by atoms with Crippen LogP contribution in [0.25, 0.3) is 0 Å². The van der Waals surface area contributed by atoms with E-state index in [4.69, 9.17) is 11.6 Å². The molecule has 0 aromatic carbocycles. The van der Waals surface area contributed by atoms with E-state index in [9.17, 15) is 0 Å². The van der Waals surface area contributed by atoms with Gasteiger partial charge in [-0.25, -0.2) is 0 Å². The van der Waals surface area contributed by atoms with Gasteiger partial charge in [0.25, 0.3) is 0 Å². The van der Waals surface area contributed by atoms with Crippen LogP contribution in [-0.2, 0) is 0 Å². The Morgan fingerprint density at radius 3 is 2.10 bits per heavy atom. The molecule has 0 saturated carbocycles. The molecule has 0 spiro atoms. The van der Waals surface area contributed by atoms with E-state index in [-0.39, 0.29) is 0 Å². The maximum atomic E-state index is 5.81. The van der Waals surface area contributed by atoms with Crippen molar-refractivity contribution >= 4 is 11.6 Å². The van der Waals surface area contributed by atoms with Crippen molar-refractivity contribution in [3.63, 3.8) is 0 Å². The molecule has 0 radical (unpaired) electrons. The molecular weight excluding hydrogens is 146 g/mol. The Morgan fingerprint density at radius 1 is 1.30 bits per heavy atom. The molecule has 0 fully saturated rings. The molecule has 1 atom stereocenters. The highest BCUT2D eigenvalue weighted by Crippen LogP contribution is 2.01. The quantitative estimate of drug-likeness (QED) is 0.563. The molecule has 0 aromatic rings. The highest BCUT2D eigenvalue weighted by molar-refractivity contribution is 6.20. The number of nitrogens with zero attached hydrogens (tertiary/aromatic N) is 1. The molecule has 1 nitrogen and oxygen atoms in total. The van der Waals surface area contributed by atoms with Gasteiger partial charge in [-0.15, -0.1) is 11.6 Å². The third-order valence-corrected chi connectivity index (χ3v) is 1.96. The van der Waals surface area contributed by atoms with Crippen LogP contribution in [0.2, 0.25) is 0 Å². The lowest BCUT2D eigenvalue weighted by atomic mass is 10.3. The summed E-state index contributed by atoms with van der Waals surface area (Å²) in [5.74, 6) is 0. The summed E-state index contributed by atoms with van der Waals surface area (Å²) >= 11 is 5.81. The van der Waals surface area contributed by atoms with Crippen molar-refractivity contribution in [3.8, 4) is 0 Å². The van der Waals surface area contributed by atoms with Gasteiger partial charge < -0.3 is 4.90 Å². The Hall–Kier alpha value is 0.250. The van der Waals surface area contributed by atoms with Crippen molar-refractivity contribution in [2.24, 2.45) is 0 Å². The van der Waals surface area contributed by atoms with E-state index in [1.165, 1.54) is 0 Å². The van der Waals surface area contributed by atoms with Crippen LogP contribution in [0.5, 0.6) is 0 Å². The Kier molecular flexibility index (Phi) is 6.14. The number of hydrogen-bond donors (Lipinski definition) is 0. The zero-order valence-electron chi connectivity index (χ0n) is 7.23. The fourth-order valence-corrected chi connectivity index (χ4v) is 0.998. The Balaban J connectivity index is 3.26. The summed E-state index contributed by atoms with van der Waals surface area (Å²) < 4.78 is 0. The van der Waals surface area contributed by atoms with Crippen LogP contribution < -0.4 is 0 Å². The zero-order chi connectivity index (χ0) is 7.98. The third kappa shape index (κ3) is 5.07. The van der Waals surface area contributed by atoms with Gasteiger partial charge in [-0.3, -0.25) is 0 Å². The number of halogens is 1. The average molecular weight is 164 g/mol. The molecule has 0 heterocycles. The first kappa shape index (κ1) is 10.2. The van der Waals surface area contributed by atoms with Crippen molar-refractivity contribution in [2.75, 3.05) is 19.6 Å². The summed E-state index contributed by atoms with van der Waals surface area (Å²) in [5.41, 5.74) is 0. The highest BCUT2D eigenvalue weighted by atomic mass is 35.5. The van der Waals surface area contributed by atoms with Crippen molar-refractivity contribution in [1.82, 2.24) is 4.90 Å². The molecule has 2 heteroatoms. The van der Waals surface area contributed by atoms with Crippen LogP contribution in [-0.4, -0.2) is 29.9 Å². The fraction of sp³-hybridized carbons (Fsp3) is 1.00. The first-order chi connectivity index (χ1) is 4.70. The normalized spacial score (nSPS) is 14.1. The summed E-state index contributed by atoms with van der Waals surface area (Å²) in [6.45, 7) is 9.83. The van der Waals surface area contributed by atoms with E-state index in [2.05, 4.69) is 18.7 Å². The molecule has 0 saturated heterocycles. The second-order valence-electron chi connectivity index (χ2n) is 2.60. The molecule has 0 bridgehead atoms. The van der Waals surface area contributed by atoms with Crippen LogP contribution in [0.15, 0.2) is 0 Å².